The molecule has 4 heterocycles. The number of anilines is 4. The van der Waals surface area contributed by atoms with Crippen molar-refractivity contribution in [2.45, 2.75) is 25.3 Å². The molecular weight excluding hydrogens is 586 g/mol. The summed E-state index contributed by atoms with van der Waals surface area (Å²) in [5.41, 5.74) is 2.69. The Morgan fingerprint density at radius 3 is 1.67 bits per heavy atom. The Morgan fingerprint density at radius 1 is 0.652 bits per heavy atom. The van der Waals surface area contributed by atoms with Crippen LogP contribution in [0.4, 0.5) is 28.1 Å². The van der Waals surface area contributed by atoms with E-state index in [2.05, 4.69) is 25.3 Å². The fourth-order valence-electron chi connectivity index (χ4n) is 6.21. The van der Waals surface area contributed by atoms with E-state index < -0.39 is 0 Å². The van der Waals surface area contributed by atoms with Gasteiger partial charge in [-0.25, -0.2) is 4.79 Å². The maximum atomic E-state index is 13.0. The lowest BCUT2D eigenvalue weighted by Gasteiger charge is -2.42. The van der Waals surface area contributed by atoms with Crippen LogP contribution >= 0.6 is 0 Å². The van der Waals surface area contributed by atoms with E-state index in [0.717, 1.165) is 57.9 Å². The van der Waals surface area contributed by atoms with Gasteiger partial charge in [0.25, 0.3) is 5.91 Å². The van der Waals surface area contributed by atoms with Crippen molar-refractivity contribution in [1.82, 2.24) is 24.8 Å². The minimum Gasteiger partial charge on any atom is -0.378 e. The average molecular weight is 628 g/mol. The molecule has 0 unspecified atom stereocenters. The fourth-order valence-corrected chi connectivity index (χ4v) is 6.21. The van der Waals surface area contributed by atoms with Crippen LogP contribution in [0.15, 0.2) is 48.5 Å². The standard InChI is InChI=1S/C33H41N9O4/c43-30(40-14-12-39(13-15-40)28-2-1-3-28)25-6-10-27(11-7-25)35-33(44)34-26-8-4-24(5-9-26)29-36-31(41-16-20-45-21-17-41)38-32(37-29)42-18-22-46-23-19-42/h4-11,28H,1-3,12-23H2,(H2,34,35,44). The fraction of sp³-hybridized carbons (Fsp3) is 0.485. The van der Waals surface area contributed by atoms with Crippen molar-refractivity contribution in [1.29, 1.82) is 0 Å². The monoisotopic (exact) mass is 627 g/mol. The number of aromatic nitrogens is 3. The number of amides is 3. The number of morpholine rings is 2. The first-order valence-corrected chi connectivity index (χ1v) is 16.3. The molecule has 0 spiro atoms. The highest BCUT2D eigenvalue weighted by Crippen LogP contribution is 2.27. The zero-order chi connectivity index (χ0) is 31.3. The lowest BCUT2D eigenvalue weighted by atomic mass is 9.91. The lowest BCUT2D eigenvalue weighted by molar-refractivity contribution is 0.0455. The summed E-state index contributed by atoms with van der Waals surface area (Å²) in [7, 11) is 0. The van der Waals surface area contributed by atoms with Crippen LogP contribution in [0.5, 0.6) is 0 Å². The second-order valence-electron chi connectivity index (χ2n) is 12.1. The Morgan fingerprint density at radius 2 is 1.17 bits per heavy atom. The smallest absolute Gasteiger partial charge is 0.323 e. The summed E-state index contributed by atoms with van der Waals surface area (Å²) in [6.45, 7) is 8.83. The summed E-state index contributed by atoms with van der Waals surface area (Å²) >= 11 is 0. The van der Waals surface area contributed by atoms with Gasteiger partial charge in [0.1, 0.15) is 0 Å². The predicted molar refractivity (Wildman–Crippen MR) is 176 cm³/mol. The van der Waals surface area contributed by atoms with Crippen molar-refractivity contribution in [3.63, 3.8) is 0 Å². The molecule has 0 atom stereocenters. The maximum Gasteiger partial charge on any atom is 0.323 e. The third-order valence-electron chi connectivity index (χ3n) is 9.18. The molecular formula is C33H41N9O4. The van der Waals surface area contributed by atoms with Crippen molar-refractivity contribution in [2.24, 2.45) is 0 Å². The molecule has 3 aliphatic heterocycles. The highest BCUT2D eigenvalue weighted by Gasteiger charge is 2.29. The van der Waals surface area contributed by atoms with E-state index in [1.54, 1.807) is 24.3 Å². The van der Waals surface area contributed by atoms with Gasteiger partial charge in [-0.3, -0.25) is 9.69 Å². The Hall–Kier alpha value is -4.33. The van der Waals surface area contributed by atoms with Gasteiger partial charge in [-0.1, -0.05) is 6.42 Å². The third kappa shape index (κ3) is 7.06. The molecule has 4 fully saturated rings. The quantitative estimate of drug-likeness (QED) is 0.403. The topological polar surface area (TPSA) is 128 Å². The maximum absolute atomic E-state index is 13.0. The first-order valence-electron chi connectivity index (χ1n) is 16.3. The Balaban J connectivity index is 0.960. The molecule has 13 nitrogen and oxygen atoms in total. The van der Waals surface area contributed by atoms with E-state index in [9.17, 15) is 9.59 Å². The van der Waals surface area contributed by atoms with E-state index >= 15 is 0 Å². The number of hydrogen-bond donors (Lipinski definition) is 2. The number of urea groups is 1. The third-order valence-corrected chi connectivity index (χ3v) is 9.18. The number of carbonyl (C=O) groups is 2. The van der Waals surface area contributed by atoms with Crippen LogP contribution < -0.4 is 20.4 Å². The molecule has 0 bridgehead atoms. The number of ether oxygens (including phenoxy) is 2. The Labute approximate surface area is 268 Å². The summed E-state index contributed by atoms with van der Waals surface area (Å²) in [6, 6.07) is 14.9. The average Bonchev–Trinajstić information content (AvgIpc) is 3.09. The second kappa shape index (κ2) is 14.0. The molecule has 3 saturated heterocycles. The van der Waals surface area contributed by atoms with Gasteiger partial charge in [0.2, 0.25) is 11.9 Å². The van der Waals surface area contributed by atoms with Crippen LogP contribution in [0.3, 0.4) is 0 Å². The van der Waals surface area contributed by atoms with Gasteiger partial charge < -0.3 is 34.8 Å². The summed E-state index contributed by atoms with van der Waals surface area (Å²) in [4.78, 5) is 48.9. The van der Waals surface area contributed by atoms with E-state index in [4.69, 9.17) is 24.4 Å². The number of carbonyl (C=O) groups excluding carboxylic acids is 2. The first kappa shape index (κ1) is 30.3. The molecule has 3 amide bonds. The predicted octanol–water partition coefficient (Wildman–Crippen LogP) is 3.17. The number of nitrogens with zero attached hydrogens (tertiary/aromatic N) is 7. The van der Waals surface area contributed by atoms with Crippen LogP contribution in [0.2, 0.25) is 0 Å². The van der Waals surface area contributed by atoms with Crippen molar-refractivity contribution >= 4 is 35.2 Å². The van der Waals surface area contributed by atoms with E-state index in [1.807, 2.05) is 29.2 Å². The van der Waals surface area contributed by atoms with Crippen LogP contribution in [0, 0.1) is 0 Å². The number of rotatable bonds is 7. The van der Waals surface area contributed by atoms with Crippen LogP contribution in [-0.2, 0) is 9.47 Å². The number of benzene rings is 2. The normalized spacial score (nSPS) is 19.4. The molecule has 4 aliphatic rings. The highest BCUT2D eigenvalue weighted by atomic mass is 16.5. The molecule has 3 aromatic rings. The van der Waals surface area contributed by atoms with Crippen molar-refractivity contribution in [3.05, 3.63) is 54.1 Å². The van der Waals surface area contributed by atoms with Gasteiger partial charge in [0.15, 0.2) is 5.82 Å². The minimum atomic E-state index is -0.372. The lowest BCUT2D eigenvalue weighted by Crippen LogP contribution is -2.53. The molecule has 7 rings (SSSR count). The molecule has 1 saturated carbocycles. The first-order chi connectivity index (χ1) is 22.6. The number of piperazine rings is 1. The van der Waals surface area contributed by atoms with Gasteiger partial charge in [-0.15, -0.1) is 0 Å². The molecule has 13 heteroatoms. The van der Waals surface area contributed by atoms with Crippen LogP contribution in [-0.4, -0.2) is 122 Å². The number of nitrogens with one attached hydrogen (secondary N) is 2. The van der Waals surface area contributed by atoms with Crippen molar-refractivity contribution < 1.29 is 19.1 Å². The molecule has 1 aromatic heterocycles. The minimum absolute atomic E-state index is 0.0386. The Bertz CT molecular complexity index is 1460. The zero-order valence-corrected chi connectivity index (χ0v) is 26.1. The second-order valence-corrected chi connectivity index (χ2v) is 12.1. The van der Waals surface area contributed by atoms with Crippen LogP contribution in [0.1, 0.15) is 29.6 Å². The van der Waals surface area contributed by atoms with Gasteiger partial charge in [0, 0.05) is 80.9 Å². The van der Waals surface area contributed by atoms with E-state index in [-0.39, 0.29) is 11.9 Å². The van der Waals surface area contributed by atoms with Crippen LogP contribution in [0.25, 0.3) is 11.4 Å². The SMILES string of the molecule is O=C(Nc1ccc(C(=O)N2CCN(C3CCC3)CC2)cc1)Nc1ccc(-c2nc(N3CCOCC3)nc(N3CCOCC3)n2)cc1. The molecule has 2 N–H and O–H groups in total. The molecule has 0 radical (unpaired) electrons. The summed E-state index contributed by atoms with van der Waals surface area (Å²) in [5, 5.41) is 5.73. The van der Waals surface area contributed by atoms with Gasteiger partial charge >= 0.3 is 6.03 Å². The van der Waals surface area contributed by atoms with Crippen molar-refractivity contribution in [2.75, 3.05) is 99.2 Å². The van der Waals surface area contributed by atoms with E-state index in [0.29, 0.717) is 67.1 Å². The summed E-state index contributed by atoms with van der Waals surface area (Å²) in [5.74, 6) is 1.88. The van der Waals surface area contributed by atoms with E-state index in [1.165, 1.54) is 19.3 Å². The van der Waals surface area contributed by atoms with Gasteiger partial charge in [-0.05, 0) is 61.4 Å². The van der Waals surface area contributed by atoms with Gasteiger partial charge in [-0.2, -0.15) is 15.0 Å². The molecule has 2 aromatic carbocycles. The highest BCUT2D eigenvalue weighted by molar-refractivity contribution is 6.00. The summed E-state index contributed by atoms with van der Waals surface area (Å²) < 4.78 is 11.0. The molecule has 242 valence electrons. The van der Waals surface area contributed by atoms with Crippen molar-refractivity contribution in [3.8, 4) is 11.4 Å². The molecule has 1 aliphatic carbocycles. The zero-order valence-electron chi connectivity index (χ0n) is 26.1. The summed E-state index contributed by atoms with van der Waals surface area (Å²) in [6.07, 6.45) is 3.90. The molecule has 46 heavy (non-hydrogen) atoms. The number of hydrogen-bond acceptors (Lipinski definition) is 10. The Kier molecular flexibility index (Phi) is 9.22. The largest absolute Gasteiger partial charge is 0.378 e. The van der Waals surface area contributed by atoms with Gasteiger partial charge in [0.05, 0.1) is 26.4 Å².